The number of ether oxygens (including phenoxy) is 1. The van der Waals surface area contributed by atoms with Crippen LogP contribution in [-0.4, -0.2) is 30.3 Å². The fourth-order valence-electron chi connectivity index (χ4n) is 0.312. The molecule has 0 fully saturated rings. The molecule has 4 nitrogen and oxygen atoms in total. The van der Waals surface area contributed by atoms with Crippen LogP contribution >= 0.6 is 0 Å². The summed E-state index contributed by atoms with van der Waals surface area (Å²) in [4.78, 5) is 10.2. The smallest absolute Gasteiger partial charge is 0.246 e. The second-order valence-corrected chi connectivity index (χ2v) is 1.64. The van der Waals surface area contributed by atoms with E-state index in [9.17, 15) is 4.79 Å². The molecule has 54 valence electrons. The summed E-state index contributed by atoms with van der Waals surface area (Å²) in [7, 11) is 0. The highest BCUT2D eigenvalue weighted by Gasteiger charge is 2.06. The van der Waals surface area contributed by atoms with Crippen LogP contribution < -0.4 is 5.73 Å². The zero-order valence-electron chi connectivity index (χ0n) is 5.33. The Morgan fingerprint density at radius 2 is 2.44 bits per heavy atom. The van der Waals surface area contributed by atoms with Crippen LogP contribution in [0.3, 0.4) is 0 Å². The minimum absolute atomic E-state index is 0.0857. The van der Waals surface area contributed by atoms with E-state index in [1.165, 1.54) is 6.92 Å². The van der Waals surface area contributed by atoms with E-state index in [1.807, 2.05) is 0 Å². The third kappa shape index (κ3) is 3.93. The van der Waals surface area contributed by atoms with Gasteiger partial charge in [-0.25, -0.2) is 0 Å². The van der Waals surface area contributed by atoms with E-state index in [1.54, 1.807) is 0 Å². The summed E-state index contributed by atoms with van der Waals surface area (Å²) in [5, 5.41) is 8.22. The van der Waals surface area contributed by atoms with Crippen LogP contribution in [-0.2, 0) is 9.53 Å². The SMILES string of the molecule is CC(OCCO)C(N)=O. The van der Waals surface area contributed by atoms with Gasteiger partial charge in [0, 0.05) is 0 Å². The maximum atomic E-state index is 10.2. The second kappa shape index (κ2) is 4.29. The van der Waals surface area contributed by atoms with Crippen molar-refractivity contribution in [3.63, 3.8) is 0 Å². The molecule has 0 aromatic carbocycles. The third-order valence-corrected chi connectivity index (χ3v) is 0.860. The van der Waals surface area contributed by atoms with Crippen molar-refractivity contribution in [3.05, 3.63) is 0 Å². The van der Waals surface area contributed by atoms with Crippen LogP contribution in [0.4, 0.5) is 0 Å². The fraction of sp³-hybridized carbons (Fsp3) is 0.800. The molecule has 0 saturated carbocycles. The molecule has 0 aliphatic carbocycles. The van der Waals surface area contributed by atoms with Crippen LogP contribution in [0.2, 0.25) is 0 Å². The van der Waals surface area contributed by atoms with Gasteiger partial charge in [-0.2, -0.15) is 0 Å². The van der Waals surface area contributed by atoms with Crippen LogP contribution in [0.5, 0.6) is 0 Å². The number of aliphatic hydroxyl groups excluding tert-OH is 1. The van der Waals surface area contributed by atoms with Crippen molar-refractivity contribution in [2.75, 3.05) is 13.2 Å². The number of hydrogen-bond donors (Lipinski definition) is 2. The summed E-state index contributed by atoms with van der Waals surface area (Å²) in [5.41, 5.74) is 4.83. The van der Waals surface area contributed by atoms with E-state index in [0.717, 1.165) is 0 Å². The molecule has 0 aromatic rings. The molecule has 0 bridgehead atoms. The summed E-state index contributed by atoms with van der Waals surface area (Å²) >= 11 is 0. The first kappa shape index (κ1) is 8.39. The number of aliphatic hydroxyl groups is 1. The van der Waals surface area contributed by atoms with E-state index in [-0.39, 0.29) is 13.2 Å². The van der Waals surface area contributed by atoms with Gasteiger partial charge in [-0.1, -0.05) is 0 Å². The highest BCUT2D eigenvalue weighted by molar-refractivity contribution is 5.78. The van der Waals surface area contributed by atoms with Gasteiger partial charge in [0.05, 0.1) is 13.2 Å². The Kier molecular flexibility index (Phi) is 4.00. The van der Waals surface area contributed by atoms with Crippen molar-refractivity contribution < 1.29 is 14.6 Å². The molecule has 1 unspecified atom stereocenters. The lowest BCUT2D eigenvalue weighted by Gasteiger charge is -2.05. The first-order valence-electron chi connectivity index (χ1n) is 2.70. The molecule has 1 atom stereocenters. The number of carbonyl (C=O) groups excluding carboxylic acids is 1. The molecule has 0 heterocycles. The molecule has 4 heteroatoms. The van der Waals surface area contributed by atoms with Gasteiger partial charge in [-0.05, 0) is 6.92 Å². The predicted octanol–water partition coefficient (Wildman–Crippen LogP) is -1.13. The highest BCUT2D eigenvalue weighted by Crippen LogP contribution is 1.86. The van der Waals surface area contributed by atoms with Crippen molar-refractivity contribution in [3.8, 4) is 0 Å². The molecule has 0 aliphatic rings. The van der Waals surface area contributed by atoms with Gasteiger partial charge in [0.15, 0.2) is 0 Å². The highest BCUT2D eigenvalue weighted by atomic mass is 16.5. The summed E-state index contributed by atoms with van der Waals surface area (Å²) in [6, 6.07) is 0. The number of primary amides is 1. The Morgan fingerprint density at radius 3 is 2.78 bits per heavy atom. The van der Waals surface area contributed by atoms with E-state index < -0.39 is 12.0 Å². The second-order valence-electron chi connectivity index (χ2n) is 1.64. The average Bonchev–Trinajstić information content (AvgIpc) is 1.82. The number of hydrogen-bond acceptors (Lipinski definition) is 3. The lowest BCUT2D eigenvalue weighted by atomic mass is 10.4. The molecule has 9 heavy (non-hydrogen) atoms. The zero-order valence-corrected chi connectivity index (χ0v) is 5.33. The molecule has 1 amide bonds. The summed E-state index contributed by atoms with van der Waals surface area (Å²) < 4.78 is 4.73. The average molecular weight is 133 g/mol. The molecule has 0 rings (SSSR count). The Bertz CT molecular complexity index is 94.2. The van der Waals surface area contributed by atoms with Crippen molar-refractivity contribution >= 4 is 5.91 Å². The van der Waals surface area contributed by atoms with E-state index >= 15 is 0 Å². The van der Waals surface area contributed by atoms with Crippen molar-refractivity contribution in [1.29, 1.82) is 0 Å². The van der Waals surface area contributed by atoms with Gasteiger partial charge in [0.25, 0.3) is 0 Å². The van der Waals surface area contributed by atoms with Crippen LogP contribution in [0.1, 0.15) is 6.92 Å². The number of amides is 1. The monoisotopic (exact) mass is 133 g/mol. The lowest BCUT2D eigenvalue weighted by molar-refractivity contribution is -0.128. The molecular formula is C5H11NO3. The van der Waals surface area contributed by atoms with Crippen molar-refractivity contribution in [2.24, 2.45) is 5.73 Å². The first-order valence-corrected chi connectivity index (χ1v) is 2.70. The summed E-state index contributed by atoms with van der Waals surface area (Å²) in [5.74, 6) is -0.511. The zero-order chi connectivity index (χ0) is 7.28. The van der Waals surface area contributed by atoms with Crippen LogP contribution in [0.25, 0.3) is 0 Å². The number of rotatable bonds is 4. The quantitative estimate of drug-likeness (QED) is 0.509. The molecule has 0 aromatic heterocycles. The van der Waals surface area contributed by atoms with Crippen molar-refractivity contribution in [1.82, 2.24) is 0 Å². The minimum Gasteiger partial charge on any atom is -0.394 e. The standard InChI is InChI=1S/C5H11NO3/c1-4(5(6)8)9-3-2-7/h4,7H,2-3H2,1H3,(H2,6,8). The molecule has 0 aliphatic heterocycles. The largest absolute Gasteiger partial charge is 0.394 e. The molecule has 0 saturated heterocycles. The minimum atomic E-state index is -0.600. The number of nitrogens with two attached hydrogens (primary N) is 1. The van der Waals surface area contributed by atoms with Gasteiger partial charge in [0.2, 0.25) is 5.91 Å². The van der Waals surface area contributed by atoms with Gasteiger partial charge < -0.3 is 15.6 Å². The normalized spacial score (nSPS) is 13.1. The molecule has 3 N–H and O–H groups in total. The fourth-order valence-corrected chi connectivity index (χ4v) is 0.312. The van der Waals surface area contributed by atoms with Gasteiger partial charge in [-0.3, -0.25) is 4.79 Å². The maximum Gasteiger partial charge on any atom is 0.246 e. The summed E-state index contributed by atoms with van der Waals surface area (Å²) in [6.45, 7) is 1.61. The van der Waals surface area contributed by atoms with Crippen LogP contribution in [0.15, 0.2) is 0 Å². The third-order valence-electron chi connectivity index (χ3n) is 0.860. The molecule has 0 radical (unpaired) electrons. The Balaban J connectivity index is 3.27. The first-order chi connectivity index (χ1) is 4.18. The maximum absolute atomic E-state index is 10.2. The Morgan fingerprint density at radius 1 is 1.89 bits per heavy atom. The van der Waals surface area contributed by atoms with Gasteiger partial charge >= 0.3 is 0 Å². The Hall–Kier alpha value is -0.610. The van der Waals surface area contributed by atoms with Gasteiger partial charge in [0.1, 0.15) is 6.10 Å². The Labute approximate surface area is 53.6 Å². The van der Waals surface area contributed by atoms with Crippen molar-refractivity contribution in [2.45, 2.75) is 13.0 Å². The molecular weight excluding hydrogens is 122 g/mol. The lowest BCUT2D eigenvalue weighted by Crippen LogP contribution is -2.29. The van der Waals surface area contributed by atoms with Gasteiger partial charge in [-0.15, -0.1) is 0 Å². The topological polar surface area (TPSA) is 72.6 Å². The number of carbonyl (C=O) groups is 1. The van der Waals surface area contributed by atoms with E-state index in [0.29, 0.717) is 0 Å². The van der Waals surface area contributed by atoms with Crippen LogP contribution in [0, 0.1) is 0 Å². The van der Waals surface area contributed by atoms with E-state index in [2.05, 4.69) is 0 Å². The molecule has 0 spiro atoms. The predicted molar refractivity (Wildman–Crippen MR) is 31.7 cm³/mol. The summed E-state index contributed by atoms with van der Waals surface area (Å²) in [6.07, 6.45) is -0.600. The van der Waals surface area contributed by atoms with E-state index in [4.69, 9.17) is 15.6 Å².